The highest BCUT2D eigenvalue weighted by Crippen LogP contribution is 2.38. The maximum atomic E-state index is 12.8. The van der Waals surface area contributed by atoms with Gasteiger partial charge in [-0.15, -0.1) is 0 Å². The third-order valence-corrected chi connectivity index (χ3v) is 5.06. The zero-order valence-electron chi connectivity index (χ0n) is 17.0. The van der Waals surface area contributed by atoms with Gasteiger partial charge in [-0.3, -0.25) is 9.59 Å². The number of carbonyl (C=O) groups excluding carboxylic acids is 2. The van der Waals surface area contributed by atoms with Crippen molar-refractivity contribution in [2.45, 2.75) is 38.6 Å². The molecule has 0 bridgehead atoms. The third kappa shape index (κ3) is 4.56. The molecule has 1 saturated carbocycles. The van der Waals surface area contributed by atoms with E-state index in [9.17, 15) is 9.59 Å². The monoisotopic (exact) mass is 404 g/mol. The van der Waals surface area contributed by atoms with E-state index < -0.39 is 0 Å². The number of nitrogens with one attached hydrogen (secondary N) is 2. The summed E-state index contributed by atoms with van der Waals surface area (Å²) in [6.07, 6.45) is 2.18. The summed E-state index contributed by atoms with van der Waals surface area (Å²) in [5.41, 5.74) is 1.68. The van der Waals surface area contributed by atoms with Crippen molar-refractivity contribution in [3.63, 3.8) is 0 Å². The molecule has 30 heavy (non-hydrogen) atoms. The van der Waals surface area contributed by atoms with E-state index in [1.54, 1.807) is 36.4 Å². The number of benzene rings is 2. The lowest BCUT2D eigenvalue weighted by Gasteiger charge is -2.18. The average Bonchev–Trinajstić information content (AvgIpc) is 3.50. The number of hydrogen-bond donors (Lipinski definition) is 2. The van der Waals surface area contributed by atoms with Crippen LogP contribution in [-0.2, 0) is 0 Å². The molecule has 2 N–H and O–H groups in total. The van der Waals surface area contributed by atoms with Gasteiger partial charge in [0, 0.05) is 22.7 Å². The number of amides is 2. The number of nitrogens with zero attached hydrogens (tertiary/aromatic N) is 2. The van der Waals surface area contributed by atoms with Crippen LogP contribution in [0.3, 0.4) is 0 Å². The van der Waals surface area contributed by atoms with Gasteiger partial charge < -0.3 is 15.2 Å². The molecule has 1 atom stereocenters. The topological polar surface area (TPSA) is 97.1 Å². The Hall–Kier alpha value is -3.48. The Morgan fingerprint density at radius 2 is 1.63 bits per heavy atom. The van der Waals surface area contributed by atoms with Gasteiger partial charge in [0.2, 0.25) is 5.89 Å². The highest BCUT2D eigenvalue weighted by molar-refractivity contribution is 6.04. The van der Waals surface area contributed by atoms with Crippen LogP contribution in [0.15, 0.2) is 59.1 Å². The Bertz CT molecular complexity index is 1020. The van der Waals surface area contributed by atoms with Crippen molar-refractivity contribution in [3.8, 4) is 0 Å². The molecule has 0 spiro atoms. The number of hydrogen-bond acceptors (Lipinski definition) is 5. The van der Waals surface area contributed by atoms with Crippen LogP contribution in [0.2, 0.25) is 0 Å². The molecule has 1 unspecified atom stereocenters. The van der Waals surface area contributed by atoms with Crippen molar-refractivity contribution < 1.29 is 14.1 Å². The first kappa shape index (κ1) is 19.8. The summed E-state index contributed by atoms with van der Waals surface area (Å²) < 4.78 is 5.41. The third-order valence-electron chi connectivity index (χ3n) is 5.06. The highest BCUT2D eigenvalue weighted by Gasteiger charge is 2.31. The number of carbonyl (C=O) groups is 2. The minimum Gasteiger partial charge on any atom is -0.340 e. The first-order valence-electron chi connectivity index (χ1n) is 10.1. The Kier molecular flexibility index (Phi) is 5.61. The van der Waals surface area contributed by atoms with Gasteiger partial charge in [-0.25, -0.2) is 0 Å². The molecule has 2 amide bonds. The van der Waals surface area contributed by atoms with Crippen LogP contribution >= 0.6 is 0 Å². The van der Waals surface area contributed by atoms with Crippen molar-refractivity contribution in [2.75, 3.05) is 5.32 Å². The first-order chi connectivity index (χ1) is 14.5. The summed E-state index contributed by atoms with van der Waals surface area (Å²) in [7, 11) is 0. The zero-order chi connectivity index (χ0) is 21.1. The minimum atomic E-state index is -0.366. The molecule has 1 aliphatic carbocycles. The van der Waals surface area contributed by atoms with E-state index >= 15 is 0 Å². The fourth-order valence-corrected chi connectivity index (χ4v) is 3.12. The molecule has 4 rings (SSSR count). The highest BCUT2D eigenvalue weighted by atomic mass is 16.5. The van der Waals surface area contributed by atoms with E-state index in [4.69, 9.17) is 4.52 Å². The van der Waals surface area contributed by atoms with Crippen molar-refractivity contribution >= 4 is 17.5 Å². The molecule has 1 heterocycles. The molecule has 0 saturated heterocycles. The average molecular weight is 404 g/mol. The molecule has 2 aromatic carbocycles. The van der Waals surface area contributed by atoms with E-state index in [-0.39, 0.29) is 23.8 Å². The van der Waals surface area contributed by atoms with Crippen LogP contribution in [-0.4, -0.2) is 22.0 Å². The molecule has 0 aliphatic heterocycles. The van der Waals surface area contributed by atoms with Gasteiger partial charge in [0.05, 0.1) is 0 Å². The largest absolute Gasteiger partial charge is 0.340 e. The van der Waals surface area contributed by atoms with Gasteiger partial charge in [-0.2, -0.15) is 4.98 Å². The van der Waals surface area contributed by atoms with Gasteiger partial charge in [0.1, 0.15) is 6.04 Å². The molecule has 154 valence electrons. The van der Waals surface area contributed by atoms with Gasteiger partial charge in [0.25, 0.3) is 11.8 Å². The predicted molar refractivity (Wildman–Crippen MR) is 112 cm³/mol. The number of anilines is 1. The molecule has 1 fully saturated rings. The maximum absolute atomic E-state index is 12.8. The Morgan fingerprint density at radius 1 is 0.967 bits per heavy atom. The zero-order valence-corrected chi connectivity index (χ0v) is 17.0. The predicted octanol–water partition coefficient (Wildman–Crippen LogP) is 4.33. The lowest BCUT2D eigenvalue weighted by Crippen LogP contribution is -2.32. The molecule has 1 aliphatic rings. The van der Waals surface area contributed by atoms with Crippen LogP contribution in [0.5, 0.6) is 0 Å². The van der Waals surface area contributed by atoms with Crippen LogP contribution in [0, 0.1) is 5.92 Å². The second-order valence-corrected chi connectivity index (χ2v) is 7.86. The molecule has 7 nitrogen and oxygen atoms in total. The molecular formula is C23H24N4O3. The smallest absolute Gasteiger partial charge is 0.255 e. The molecule has 1 aromatic heterocycles. The van der Waals surface area contributed by atoms with Crippen molar-refractivity contribution in [1.29, 1.82) is 0 Å². The van der Waals surface area contributed by atoms with Crippen molar-refractivity contribution in [2.24, 2.45) is 5.92 Å². The standard InChI is InChI=1S/C23H24N4O3/c1-14(2)19(23-26-20(27-30-23)15-8-9-15)25-22(29)17-10-12-18(13-11-17)24-21(28)16-6-4-3-5-7-16/h3-7,10-15,19H,8-9H2,1-2H3,(H,24,28)(H,25,29). The second-order valence-electron chi connectivity index (χ2n) is 7.86. The fourth-order valence-electron chi connectivity index (χ4n) is 3.12. The van der Waals surface area contributed by atoms with Gasteiger partial charge in [-0.1, -0.05) is 37.2 Å². The van der Waals surface area contributed by atoms with E-state index in [0.29, 0.717) is 28.6 Å². The quantitative estimate of drug-likeness (QED) is 0.611. The van der Waals surface area contributed by atoms with Crippen LogP contribution < -0.4 is 10.6 Å². The minimum absolute atomic E-state index is 0.0888. The van der Waals surface area contributed by atoms with Gasteiger partial charge in [0.15, 0.2) is 5.82 Å². The first-order valence-corrected chi connectivity index (χ1v) is 10.1. The van der Waals surface area contributed by atoms with Crippen molar-refractivity contribution in [1.82, 2.24) is 15.5 Å². The number of aromatic nitrogens is 2. The second kappa shape index (κ2) is 8.49. The number of rotatable bonds is 7. The Morgan fingerprint density at radius 3 is 2.27 bits per heavy atom. The lowest BCUT2D eigenvalue weighted by atomic mass is 10.0. The maximum Gasteiger partial charge on any atom is 0.255 e. The van der Waals surface area contributed by atoms with E-state index in [1.165, 1.54) is 0 Å². The molecule has 7 heteroatoms. The van der Waals surface area contributed by atoms with E-state index in [0.717, 1.165) is 18.7 Å². The summed E-state index contributed by atoms with van der Waals surface area (Å²) in [5.74, 6) is 1.21. The Balaban J connectivity index is 1.41. The van der Waals surface area contributed by atoms with Crippen LogP contribution in [0.1, 0.15) is 71.1 Å². The van der Waals surface area contributed by atoms with Gasteiger partial charge in [-0.05, 0) is 55.2 Å². The van der Waals surface area contributed by atoms with Crippen LogP contribution in [0.25, 0.3) is 0 Å². The molecular weight excluding hydrogens is 380 g/mol. The molecule has 3 aromatic rings. The van der Waals surface area contributed by atoms with E-state index in [2.05, 4.69) is 20.8 Å². The van der Waals surface area contributed by atoms with E-state index in [1.807, 2.05) is 32.0 Å². The Labute approximate surface area is 174 Å². The SMILES string of the molecule is CC(C)C(NC(=O)c1ccc(NC(=O)c2ccccc2)cc1)c1nc(C2CC2)no1. The normalized spacial score (nSPS) is 14.4. The van der Waals surface area contributed by atoms with Crippen LogP contribution in [0.4, 0.5) is 5.69 Å². The summed E-state index contributed by atoms with van der Waals surface area (Å²) in [6, 6.07) is 15.4. The van der Waals surface area contributed by atoms with Crippen molar-refractivity contribution in [3.05, 3.63) is 77.4 Å². The molecule has 0 radical (unpaired) electrons. The van der Waals surface area contributed by atoms with Gasteiger partial charge >= 0.3 is 0 Å². The summed E-state index contributed by atoms with van der Waals surface area (Å²) in [6.45, 7) is 3.99. The fraction of sp³-hybridized carbons (Fsp3) is 0.304. The summed E-state index contributed by atoms with van der Waals surface area (Å²) in [5, 5.41) is 9.86. The summed E-state index contributed by atoms with van der Waals surface area (Å²) >= 11 is 0. The lowest BCUT2D eigenvalue weighted by molar-refractivity contribution is 0.0913. The summed E-state index contributed by atoms with van der Waals surface area (Å²) in [4.78, 5) is 29.5.